The van der Waals surface area contributed by atoms with Crippen LogP contribution in [0, 0.1) is 0 Å². The smallest absolute Gasteiger partial charge is 0.306 e. The third-order valence-corrected chi connectivity index (χ3v) is 15.7. The SMILES string of the molecule is CCC/C=C\CCCCCCCC(=O)OCC(COC(=O)CCCCCCCCCCCCCCCCCCCCCCCCCCCCCCCCC)OC(=O)CCCCCCCCC/C=C\CCCCCCCC. The lowest BCUT2D eigenvalue weighted by Crippen LogP contribution is -2.30. The maximum Gasteiger partial charge on any atom is 0.306 e. The number of ether oxygens (including phenoxy) is 3. The monoisotopic (exact) mass is 1070 g/mol. The Morgan fingerprint density at radius 1 is 0.250 bits per heavy atom. The van der Waals surface area contributed by atoms with Crippen molar-refractivity contribution in [1.82, 2.24) is 0 Å². The van der Waals surface area contributed by atoms with Gasteiger partial charge in [-0.1, -0.05) is 328 Å². The van der Waals surface area contributed by atoms with Gasteiger partial charge in [0.05, 0.1) is 0 Å². The second-order valence-electron chi connectivity index (χ2n) is 23.4. The van der Waals surface area contributed by atoms with Crippen LogP contribution in [0.3, 0.4) is 0 Å². The van der Waals surface area contributed by atoms with Crippen molar-refractivity contribution in [3.63, 3.8) is 0 Å². The first kappa shape index (κ1) is 73.9. The Morgan fingerprint density at radius 3 is 0.711 bits per heavy atom. The van der Waals surface area contributed by atoms with Gasteiger partial charge in [0, 0.05) is 19.3 Å². The molecule has 0 radical (unpaired) electrons. The normalized spacial score (nSPS) is 12.1. The fourth-order valence-electron chi connectivity index (χ4n) is 10.5. The fraction of sp³-hybridized carbons (Fsp3) is 0.900. The summed E-state index contributed by atoms with van der Waals surface area (Å²) in [7, 11) is 0. The number of carbonyl (C=O) groups is 3. The summed E-state index contributed by atoms with van der Waals surface area (Å²) < 4.78 is 16.9. The first-order valence-electron chi connectivity index (χ1n) is 34.3. The number of carbonyl (C=O) groups excluding carboxylic acids is 3. The average molecular weight is 1070 g/mol. The summed E-state index contributed by atoms with van der Waals surface area (Å²) in [5, 5.41) is 0. The van der Waals surface area contributed by atoms with Gasteiger partial charge < -0.3 is 14.2 Å². The van der Waals surface area contributed by atoms with E-state index < -0.39 is 6.10 Å². The van der Waals surface area contributed by atoms with Crippen LogP contribution in [0.2, 0.25) is 0 Å². The summed E-state index contributed by atoms with van der Waals surface area (Å²) in [6.45, 7) is 6.63. The predicted octanol–water partition coefficient (Wildman–Crippen LogP) is 23.4. The van der Waals surface area contributed by atoms with Gasteiger partial charge in [-0.3, -0.25) is 14.4 Å². The number of hydrogen-bond donors (Lipinski definition) is 0. The highest BCUT2D eigenvalue weighted by molar-refractivity contribution is 5.71. The van der Waals surface area contributed by atoms with Crippen molar-refractivity contribution in [2.45, 2.75) is 393 Å². The Bertz CT molecular complexity index is 1230. The lowest BCUT2D eigenvalue weighted by molar-refractivity contribution is -0.167. The van der Waals surface area contributed by atoms with Gasteiger partial charge in [-0.25, -0.2) is 0 Å². The number of hydrogen-bond acceptors (Lipinski definition) is 6. The first-order chi connectivity index (χ1) is 37.5. The molecule has 0 aliphatic heterocycles. The molecular formula is C70H132O6. The molecule has 6 nitrogen and oxygen atoms in total. The molecule has 0 aliphatic rings. The molecule has 0 saturated carbocycles. The van der Waals surface area contributed by atoms with E-state index in [1.807, 2.05) is 0 Å². The van der Waals surface area contributed by atoms with Crippen LogP contribution >= 0.6 is 0 Å². The van der Waals surface area contributed by atoms with Crippen molar-refractivity contribution >= 4 is 17.9 Å². The van der Waals surface area contributed by atoms with Crippen LogP contribution in [0.15, 0.2) is 24.3 Å². The Kier molecular flexibility index (Phi) is 63.6. The van der Waals surface area contributed by atoms with E-state index in [-0.39, 0.29) is 31.1 Å². The lowest BCUT2D eigenvalue weighted by Gasteiger charge is -2.18. The van der Waals surface area contributed by atoms with E-state index in [0.29, 0.717) is 19.3 Å². The van der Waals surface area contributed by atoms with Crippen molar-refractivity contribution in [2.75, 3.05) is 13.2 Å². The average Bonchev–Trinajstić information content (AvgIpc) is 3.42. The summed E-state index contributed by atoms with van der Waals surface area (Å²) in [6, 6.07) is 0. The molecule has 1 unspecified atom stereocenters. The van der Waals surface area contributed by atoms with Crippen LogP contribution < -0.4 is 0 Å². The molecule has 1 atom stereocenters. The molecule has 0 bridgehead atoms. The van der Waals surface area contributed by atoms with Gasteiger partial charge in [-0.05, 0) is 64.2 Å². The molecule has 0 heterocycles. The maximum atomic E-state index is 12.9. The zero-order chi connectivity index (χ0) is 55.0. The first-order valence-corrected chi connectivity index (χ1v) is 34.3. The summed E-state index contributed by atoms with van der Waals surface area (Å²) in [5.41, 5.74) is 0. The highest BCUT2D eigenvalue weighted by atomic mass is 16.6. The highest BCUT2D eigenvalue weighted by Crippen LogP contribution is 2.19. The standard InChI is InChI=1S/C70H132O6/c1-4-7-10-13-16-19-22-24-26-28-29-30-31-32-33-34-35-36-37-38-39-40-41-43-44-46-48-51-54-57-60-63-69(72)75-66-67(65-74-68(71)62-59-56-53-50-21-18-15-12-9-6-3)76-70(73)64-61-58-55-52-49-47-45-42-27-25-23-20-17-14-11-8-5-2/h12,15,25,27,67H,4-11,13-14,16-24,26,28-66H2,1-3H3/b15-12-,27-25-. The van der Waals surface area contributed by atoms with Crippen LogP contribution in [0.25, 0.3) is 0 Å². The Balaban J connectivity index is 4.05. The molecular weight excluding hydrogens is 937 g/mol. The third-order valence-electron chi connectivity index (χ3n) is 15.7. The molecule has 0 saturated heterocycles. The van der Waals surface area contributed by atoms with Crippen molar-refractivity contribution in [3.05, 3.63) is 24.3 Å². The molecule has 0 rings (SSSR count). The fourth-order valence-corrected chi connectivity index (χ4v) is 10.5. The van der Waals surface area contributed by atoms with Gasteiger partial charge in [0.1, 0.15) is 13.2 Å². The molecule has 76 heavy (non-hydrogen) atoms. The van der Waals surface area contributed by atoms with E-state index in [9.17, 15) is 14.4 Å². The van der Waals surface area contributed by atoms with E-state index in [1.54, 1.807) is 0 Å². The van der Waals surface area contributed by atoms with Crippen molar-refractivity contribution < 1.29 is 28.6 Å². The van der Waals surface area contributed by atoms with Gasteiger partial charge in [0.15, 0.2) is 6.10 Å². The van der Waals surface area contributed by atoms with Crippen molar-refractivity contribution in [3.8, 4) is 0 Å². The van der Waals surface area contributed by atoms with Gasteiger partial charge in [-0.15, -0.1) is 0 Å². The minimum Gasteiger partial charge on any atom is -0.462 e. The summed E-state index contributed by atoms with van der Waals surface area (Å²) in [4.78, 5) is 38.2. The minimum atomic E-state index is -0.774. The van der Waals surface area contributed by atoms with E-state index in [4.69, 9.17) is 14.2 Å². The van der Waals surface area contributed by atoms with Crippen LogP contribution in [-0.4, -0.2) is 37.2 Å². The largest absolute Gasteiger partial charge is 0.462 e. The summed E-state index contributed by atoms with van der Waals surface area (Å²) >= 11 is 0. The van der Waals surface area contributed by atoms with Crippen LogP contribution in [0.5, 0.6) is 0 Å². The van der Waals surface area contributed by atoms with Crippen molar-refractivity contribution in [1.29, 1.82) is 0 Å². The lowest BCUT2D eigenvalue weighted by atomic mass is 10.0. The highest BCUT2D eigenvalue weighted by Gasteiger charge is 2.19. The molecule has 0 aromatic carbocycles. The van der Waals surface area contributed by atoms with Gasteiger partial charge in [0.2, 0.25) is 0 Å². The molecule has 0 amide bonds. The topological polar surface area (TPSA) is 78.9 Å². The zero-order valence-electron chi connectivity index (χ0n) is 51.6. The quantitative estimate of drug-likeness (QED) is 0.0261. The molecule has 0 fully saturated rings. The zero-order valence-corrected chi connectivity index (χ0v) is 51.6. The minimum absolute atomic E-state index is 0.0710. The van der Waals surface area contributed by atoms with E-state index in [1.165, 1.54) is 276 Å². The van der Waals surface area contributed by atoms with Gasteiger partial charge in [0.25, 0.3) is 0 Å². The number of esters is 3. The molecule has 0 aliphatic carbocycles. The van der Waals surface area contributed by atoms with Gasteiger partial charge in [-0.2, -0.15) is 0 Å². The Hall–Kier alpha value is -2.11. The Labute approximate surface area is 474 Å². The molecule has 6 heteroatoms. The van der Waals surface area contributed by atoms with Crippen LogP contribution in [0.1, 0.15) is 387 Å². The maximum absolute atomic E-state index is 12.9. The second kappa shape index (κ2) is 65.4. The van der Waals surface area contributed by atoms with Crippen LogP contribution in [-0.2, 0) is 28.6 Å². The van der Waals surface area contributed by atoms with Crippen LogP contribution in [0.4, 0.5) is 0 Å². The van der Waals surface area contributed by atoms with E-state index in [0.717, 1.165) is 70.6 Å². The molecule has 448 valence electrons. The molecule has 0 aromatic rings. The summed E-state index contributed by atoms with van der Waals surface area (Å²) in [6.07, 6.45) is 79.4. The molecule has 0 spiro atoms. The third kappa shape index (κ3) is 62.7. The van der Waals surface area contributed by atoms with Crippen molar-refractivity contribution in [2.24, 2.45) is 0 Å². The van der Waals surface area contributed by atoms with E-state index >= 15 is 0 Å². The number of allylic oxidation sites excluding steroid dienone is 4. The summed E-state index contributed by atoms with van der Waals surface area (Å²) in [5.74, 6) is -0.862. The number of rotatable bonds is 64. The van der Waals surface area contributed by atoms with E-state index in [2.05, 4.69) is 45.1 Å². The van der Waals surface area contributed by atoms with Gasteiger partial charge >= 0.3 is 17.9 Å². The molecule has 0 aromatic heterocycles. The number of unbranched alkanes of at least 4 members (excludes halogenated alkanes) is 49. The second-order valence-corrected chi connectivity index (χ2v) is 23.4. The molecule has 0 N–H and O–H groups in total. The predicted molar refractivity (Wildman–Crippen MR) is 330 cm³/mol. The Morgan fingerprint density at radius 2 is 0.461 bits per heavy atom.